The molecule has 0 bridgehead atoms. The third kappa shape index (κ3) is 1.83. The van der Waals surface area contributed by atoms with Gasteiger partial charge in [-0.15, -0.1) is 0 Å². The van der Waals surface area contributed by atoms with Gasteiger partial charge in [0, 0.05) is 31.7 Å². The van der Waals surface area contributed by atoms with Crippen molar-refractivity contribution in [3.63, 3.8) is 0 Å². The smallest absolute Gasteiger partial charge is 0.137 e. The molecule has 0 saturated heterocycles. The first-order chi connectivity index (χ1) is 8.15. The van der Waals surface area contributed by atoms with Crippen molar-refractivity contribution in [3.8, 4) is 0 Å². The van der Waals surface area contributed by atoms with Crippen LogP contribution in [0.2, 0.25) is 5.02 Å². The lowest BCUT2D eigenvalue weighted by molar-refractivity contribution is 0.199. The Labute approximate surface area is 106 Å². The Morgan fingerprint density at radius 2 is 2.18 bits per heavy atom. The van der Waals surface area contributed by atoms with Crippen molar-refractivity contribution >= 4 is 17.2 Å². The summed E-state index contributed by atoms with van der Waals surface area (Å²) in [5, 5.41) is 0.763. The quantitative estimate of drug-likeness (QED) is 0.775. The van der Waals surface area contributed by atoms with Gasteiger partial charge in [-0.3, -0.25) is 4.90 Å². The predicted molar refractivity (Wildman–Crippen MR) is 69.5 cm³/mol. The molecule has 1 aliphatic rings. The zero-order valence-electron chi connectivity index (χ0n) is 10.2. The topological polar surface area (TPSA) is 20.5 Å². The monoisotopic (exact) mass is 249 g/mol. The Kier molecular flexibility index (Phi) is 2.60. The Hall–Kier alpha value is -1.06. The van der Waals surface area contributed by atoms with E-state index in [1.807, 2.05) is 18.3 Å². The molecule has 2 aromatic rings. The van der Waals surface area contributed by atoms with Gasteiger partial charge in [-0.25, -0.2) is 4.98 Å². The molecule has 0 aromatic carbocycles. The van der Waals surface area contributed by atoms with Crippen LogP contribution >= 0.6 is 11.6 Å². The third-order valence-electron chi connectivity index (χ3n) is 3.48. The molecule has 90 valence electrons. The molecule has 3 nitrogen and oxygen atoms in total. The van der Waals surface area contributed by atoms with Gasteiger partial charge < -0.3 is 4.40 Å². The normalized spacial score (nSPS) is 16.7. The van der Waals surface area contributed by atoms with Gasteiger partial charge in [-0.2, -0.15) is 0 Å². The van der Waals surface area contributed by atoms with E-state index >= 15 is 0 Å². The minimum Gasteiger partial charge on any atom is -0.301 e. The number of aromatic nitrogens is 2. The summed E-state index contributed by atoms with van der Waals surface area (Å²) in [6.45, 7) is 6.54. The molecule has 0 atom stereocenters. The largest absolute Gasteiger partial charge is 0.301 e. The second-order valence-electron chi connectivity index (χ2n) is 4.89. The van der Waals surface area contributed by atoms with E-state index in [1.165, 1.54) is 11.4 Å². The molecule has 0 N–H and O–H groups in total. The predicted octanol–water partition coefficient (Wildman–Crippen LogP) is 2.75. The van der Waals surface area contributed by atoms with Crippen molar-refractivity contribution in [2.75, 3.05) is 6.54 Å². The molecule has 17 heavy (non-hydrogen) atoms. The van der Waals surface area contributed by atoms with E-state index in [-0.39, 0.29) is 0 Å². The number of hydrogen-bond acceptors (Lipinski definition) is 2. The Balaban J connectivity index is 2.10. The van der Waals surface area contributed by atoms with Crippen LogP contribution in [0.4, 0.5) is 0 Å². The highest BCUT2D eigenvalue weighted by molar-refractivity contribution is 6.30. The van der Waals surface area contributed by atoms with Crippen molar-refractivity contribution in [1.29, 1.82) is 0 Å². The van der Waals surface area contributed by atoms with Gasteiger partial charge in [-0.05, 0) is 26.0 Å². The highest BCUT2D eigenvalue weighted by atomic mass is 35.5. The van der Waals surface area contributed by atoms with Crippen LogP contribution in [0, 0.1) is 0 Å². The molecule has 0 saturated carbocycles. The van der Waals surface area contributed by atoms with Gasteiger partial charge in [0.05, 0.1) is 16.4 Å². The Bertz CT molecular complexity index is 559. The van der Waals surface area contributed by atoms with Crippen molar-refractivity contribution < 1.29 is 0 Å². The van der Waals surface area contributed by atoms with Gasteiger partial charge in [0.15, 0.2) is 0 Å². The summed E-state index contributed by atoms with van der Waals surface area (Å²) >= 11 is 6.05. The second-order valence-corrected chi connectivity index (χ2v) is 5.33. The molecule has 0 amide bonds. The van der Waals surface area contributed by atoms with Crippen LogP contribution < -0.4 is 0 Å². The van der Waals surface area contributed by atoms with E-state index in [9.17, 15) is 0 Å². The molecule has 0 aliphatic carbocycles. The summed E-state index contributed by atoms with van der Waals surface area (Å²) in [6, 6.07) is 4.46. The minimum atomic E-state index is 0.577. The third-order valence-corrected chi connectivity index (χ3v) is 3.71. The second kappa shape index (κ2) is 4.00. The van der Waals surface area contributed by atoms with Crippen LogP contribution in [0.1, 0.15) is 25.2 Å². The SMILES string of the molecule is CC(C)N1CCc2nc3ccc(Cl)cn3c2C1. The van der Waals surface area contributed by atoms with Crippen LogP contribution in [0.5, 0.6) is 0 Å². The lowest BCUT2D eigenvalue weighted by atomic mass is 10.1. The van der Waals surface area contributed by atoms with Gasteiger partial charge in [-0.1, -0.05) is 11.6 Å². The molecule has 0 fully saturated rings. The van der Waals surface area contributed by atoms with E-state index in [0.29, 0.717) is 6.04 Å². The van der Waals surface area contributed by atoms with E-state index in [4.69, 9.17) is 11.6 Å². The van der Waals surface area contributed by atoms with E-state index < -0.39 is 0 Å². The molecule has 0 unspecified atom stereocenters. The number of pyridine rings is 1. The van der Waals surface area contributed by atoms with Gasteiger partial charge in [0.1, 0.15) is 5.65 Å². The number of rotatable bonds is 1. The number of hydrogen-bond donors (Lipinski definition) is 0. The standard InChI is InChI=1S/C13H16ClN3/c1-9(2)16-6-5-11-12(8-16)17-7-10(14)3-4-13(17)15-11/h3-4,7,9H,5-6,8H2,1-2H3. The first-order valence-electron chi connectivity index (χ1n) is 6.04. The van der Waals surface area contributed by atoms with Crippen LogP contribution in [0.3, 0.4) is 0 Å². The average Bonchev–Trinajstić information content (AvgIpc) is 2.66. The summed E-state index contributed by atoms with van der Waals surface area (Å²) < 4.78 is 2.13. The number of nitrogens with zero attached hydrogens (tertiary/aromatic N) is 3. The highest BCUT2D eigenvalue weighted by Crippen LogP contribution is 2.23. The molecule has 3 rings (SSSR count). The van der Waals surface area contributed by atoms with Crippen LogP contribution in [-0.2, 0) is 13.0 Å². The zero-order valence-corrected chi connectivity index (χ0v) is 10.9. The van der Waals surface area contributed by atoms with Crippen molar-refractivity contribution in [2.24, 2.45) is 0 Å². The first kappa shape index (κ1) is 11.1. The molecule has 2 aromatic heterocycles. The van der Waals surface area contributed by atoms with Gasteiger partial charge in [0.25, 0.3) is 0 Å². The summed E-state index contributed by atoms with van der Waals surface area (Å²) in [4.78, 5) is 7.14. The van der Waals surface area contributed by atoms with E-state index in [0.717, 1.165) is 30.2 Å². The Morgan fingerprint density at radius 3 is 2.94 bits per heavy atom. The summed E-state index contributed by atoms with van der Waals surface area (Å²) in [5.74, 6) is 0. The van der Waals surface area contributed by atoms with E-state index in [1.54, 1.807) is 0 Å². The van der Waals surface area contributed by atoms with Crippen molar-refractivity contribution in [3.05, 3.63) is 34.7 Å². The fourth-order valence-electron chi connectivity index (χ4n) is 2.45. The van der Waals surface area contributed by atoms with Crippen LogP contribution in [-0.4, -0.2) is 26.9 Å². The lowest BCUT2D eigenvalue weighted by Crippen LogP contribution is -2.36. The first-order valence-corrected chi connectivity index (χ1v) is 6.42. The molecule has 0 spiro atoms. The molecular weight excluding hydrogens is 234 g/mol. The maximum atomic E-state index is 6.05. The Morgan fingerprint density at radius 1 is 1.35 bits per heavy atom. The summed E-state index contributed by atoms with van der Waals surface area (Å²) in [7, 11) is 0. The minimum absolute atomic E-state index is 0.577. The van der Waals surface area contributed by atoms with Crippen molar-refractivity contribution in [1.82, 2.24) is 14.3 Å². The molecule has 1 aliphatic heterocycles. The number of fused-ring (bicyclic) bond motifs is 3. The molecular formula is C13H16ClN3. The lowest BCUT2D eigenvalue weighted by Gasteiger charge is -2.29. The molecule has 3 heterocycles. The number of imidazole rings is 1. The maximum Gasteiger partial charge on any atom is 0.137 e. The average molecular weight is 250 g/mol. The maximum absolute atomic E-state index is 6.05. The summed E-state index contributed by atoms with van der Waals surface area (Å²) in [5.41, 5.74) is 3.52. The zero-order chi connectivity index (χ0) is 12.0. The highest BCUT2D eigenvalue weighted by Gasteiger charge is 2.22. The number of halogens is 1. The van der Waals surface area contributed by atoms with Crippen LogP contribution in [0.15, 0.2) is 18.3 Å². The van der Waals surface area contributed by atoms with Gasteiger partial charge in [0.2, 0.25) is 0 Å². The summed E-state index contributed by atoms with van der Waals surface area (Å²) in [6.07, 6.45) is 3.00. The van der Waals surface area contributed by atoms with Crippen LogP contribution in [0.25, 0.3) is 5.65 Å². The fourth-order valence-corrected chi connectivity index (χ4v) is 2.61. The molecule has 4 heteroatoms. The van der Waals surface area contributed by atoms with E-state index in [2.05, 4.69) is 28.1 Å². The van der Waals surface area contributed by atoms with Crippen molar-refractivity contribution in [2.45, 2.75) is 32.9 Å². The fraction of sp³-hybridized carbons (Fsp3) is 0.462. The van der Waals surface area contributed by atoms with Gasteiger partial charge >= 0.3 is 0 Å². The molecule has 0 radical (unpaired) electrons.